The van der Waals surface area contributed by atoms with E-state index >= 15 is 0 Å². The molecule has 1 aromatic carbocycles. The smallest absolute Gasteiger partial charge is 0.283 e. The molecule has 1 saturated carbocycles. The van der Waals surface area contributed by atoms with Gasteiger partial charge in [-0.05, 0) is 46.8 Å². The molecular formula is C20H20BrF2N5O. The van der Waals surface area contributed by atoms with E-state index in [1.165, 1.54) is 10.2 Å². The summed E-state index contributed by atoms with van der Waals surface area (Å²) in [6, 6.07) is 9.74. The van der Waals surface area contributed by atoms with Crippen molar-refractivity contribution < 1.29 is 13.6 Å². The van der Waals surface area contributed by atoms with Crippen LogP contribution in [0, 0.1) is 6.92 Å². The van der Waals surface area contributed by atoms with Crippen LogP contribution in [0.1, 0.15) is 47.7 Å². The number of hydrogen-bond donors (Lipinski definition) is 1. The Bertz CT molecular complexity index is 1040. The van der Waals surface area contributed by atoms with Crippen molar-refractivity contribution in [2.75, 3.05) is 5.32 Å². The first-order valence-electron chi connectivity index (χ1n) is 9.34. The first-order valence-corrected chi connectivity index (χ1v) is 10.1. The Balaban J connectivity index is 1.44. The van der Waals surface area contributed by atoms with Crippen molar-refractivity contribution in [3.05, 3.63) is 63.5 Å². The standard InChI is InChI=1S/C20H20BrF2N5O/c1-12-4-2-3-5-14(12)10-27-9-8-15(25-27)24-16(29)11-28-19(13-6-7-13)17(21)18(26-28)20(22)23/h2-5,8-9,13,20H,6-7,10-11H2,1H3,(H,24,25,29). The maximum atomic E-state index is 13.2. The second kappa shape index (κ2) is 8.06. The Morgan fingerprint density at radius 3 is 2.72 bits per heavy atom. The lowest BCUT2D eigenvalue weighted by Crippen LogP contribution is -2.21. The normalized spacial score (nSPS) is 13.8. The van der Waals surface area contributed by atoms with Gasteiger partial charge >= 0.3 is 0 Å². The minimum atomic E-state index is -2.69. The molecule has 29 heavy (non-hydrogen) atoms. The first kappa shape index (κ1) is 19.8. The molecule has 0 atom stereocenters. The van der Waals surface area contributed by atoms with Crippen LogP contribution in [0.3, 0.4) is 0 Å². The number of amides is 1. The number of halogens is 3. The summed E-state index contributed by atoms with van der Waals surface area (Å²) < 4.78 is 29.8. The maximum absolute atomic E-state index is 13.2. The van der Waals surface area contributed by atoms with Gasteiger partial charge in [0.2, 0.25) is 5.91 Å². The molecule has 0 unspecified atom stereocenters. The van der Waals surface area contributed by atoms with Crippen LogP contribution < -0.4 is 5.32 Å². The largest absolute Gasteiger partial charge is 0.308 e. The van der Waals surface area contributed by atoms with Gasteiger partial charge in [0, 0.05) is 18.2 Å². The molecule has 0 aliphatic heterocycles. The molecule has 2 aromatic heterocycles. The van der Waals surface area contributed by atoms with Crippen LogP contribution in [0.15, 0.2) is 41.0 Å². The number of hydrogen-bond acceptors (Lipinski definition) is 3. The lowest BCUT2D eigenvalue weighted by atomic mass is 10.1. The van der Waals surface area contributed by atoms with Crippen molar-refractivity contribution in [3.63, 3.8) is 0 Å². The van der Waals surface area contributed by atoms with E-state index in [1.54, 1.807) is 16.9 Å². The third kappa shape index (κ3) is 4.39. The van der Waals surface area contributed by atoms with E-state index in [0.29, 0.717) is 22.5 Å². The molecular weight excluding hydrogens is 444 g/mol. The zero-order valence-electron chi connectivity index (χ0n) is 15.8. The summed E-state index contributed by atoms with van der Waals surface area (Å²) in [4.78, 5) is 12.5. The highest BCUT2D eigenvalue weighted by Crippen LogP contribution is 2.45. The van der Waals surface area contributed by atoms with Gasteiger partial charge in [0.15, 0.2) is 5.82 Å². The summed E-state index contributed by atoms with van der Waals surface area (Å²) in [7, 11) is 0. The number of nitrogens with one attached hydrogen (secondary N) is 1. The van der Waals surface area contributed by atoms with Crippen molar-refractivity contribution in [1.82, 2.24) is 19.6 Å². The van der Waals surface area contributed by atoms with Gasteiger partial charge in [0.25, 0.3) is 6.43 Å². The number of benzene rings is 1. The highest BCUT2D eigenvalue weighted by molar-refractivity contribution is 9.10. The number of aromatic nitrogens is 4. The molecule has 0 radical (unpaired) electrons. The Labute approximate surface area is 175 Å². The van der Waals surface area contributed by atoms with Crippen molar-refractivity contribution in [3.8, 4) is 0 Å². The molecule has 0 spiro atoms. The predicted octanol–water partition coefficient (Wildman–Crippen LogP) is 4.65. The summed E-state index contributed by atoms with van der Waals surface area (Å²) in [6.45, 7) is 2.49. The first-order chi connectivity index (χ1) is 13.9. The molecule has 152 valence electrons. The van der Waals surface area contributed by atoms with Crippen LogP contribution in [-0.4, -0.2) is 25.5 Å². The molecule has 6 nitrogen and oxygen atoms in total. The highest BCUT2D eigenvalue weighted by atomic mass is 79.9. The van der Waals surface area contributed by atoms with E-state index < -0.39 is 6.43 Å². The molecule has 1 fully saturated rings. The molecule has 1 aliphatic carbocycles. The van der Waals surface area contributed by atoms with Gasteiger partial charge in [-0.2, -0.15) is 10.2 Å². The zero-order valence-corrected chi connectivity index (χ0v) is 17.4. The van der Waals surface area contributed by atoms with Gasteiger partial charge in [-0.3, -0.25) is 14.2 Å². The van der Waals surface area contributed by atoms with Gasteiger partial charge in [0.1, 0.15) is 12.2 Å². The van der Waals surface area contributed by atoms with Crippen LogP contribution in [0.2, 0.25) is 0 Å². The molecule has 4 rings (SSSR count). The maximum Gasteiger partial charge on any atom is 0.283 e. The minimum Gasteiger partial charge on any atom is -0.308 e. The summed E-state index contributed by atoms with van der Waals surface area (Å²) in [5.41, 5.74) is 2.66. The summed E-state index contributed by atoms with van der Waals surface area (Å²) in [5, 5.41) is 11.1. The van der Waals surface area contributed by atoms with E-state index in [-0.39, 0.29) is 24.1 Å². The fourth-order valence-electron chi connectivity index (χ4n) is 3.28. The number of anilines is 1. The summed E-state index contributed by atoms with van der Waals surface area (Å²) in [5.74, 6) is 0.228. The van der Waals surface area contributed by atoms with Crippen LogP contribution in [0.25, 0.3) is 0 Å². The molecule has 3 aromatic rings. The second-order valence-corrected chi connectivity index (χ2v) is 7.98. The minimum absolute atomic E-state index is 0.137. The van der Waals surface area contributed by atoms with Crippen LogP contribution in [0.5, 0.6) is 0 Å². The van der Waals surface area contributed by atoms with Gasteiger partial charge in [-0.15, -0.1) is 0 Å². The highest BCUT2D eigenvalue weighted by Gasteiger charge is 2.34. The fourth-order valence-corrected chi connectivity index (χ4v) is 4.06. The van der Waals surface area contributed by atoms with Crippen LogP contribution in [0.4, 0.5) is 14.6 Å². The average molecular weight is 464 g/mol. The van der Waals surface area contributed by atoms with E-state index in [0.717, 1.165) is 18.4 Å². The monoisotopic (exact) mass is 463 g/mol. The van der Waals surface area contributed by atoms with Crippen molar-refractivity contribution in [2.24, 2.45) is 0 Å². The molecule has 0 bridgehead atoms. The quantitative estimate of drug-likeness (QED) is 0.554. The van der Waals surface area contributed by atoms with Crippen molar-refractivity contribution in [2.45, 2.75) is 45.2 Å². The number of alkyl halides is 2. The van der Waals surface area contributed by atoms with Gasteiger partial charge < -0.3 is 5.32 Å². The Kier molecular flexibility index (Phi) is 5.49. The average Bonchev–Trinajstić information content (AvgIpc) is 3.32. The van der Waals surface area contributed by atoms with E-state index in [1.807, 2.05) is 31.2 Å². The number of aryl methyl sites for hydroxylation is 1. The molecule has 0 saturated heterocycles. The Morgan fingerprint density at radius 2 is 2.03 bits per heavy atom. The number of nitrogens with zero attached hydrogens (tertiary/aromatic N) is 4. The van der Waals surface area contributed by atoms with Crippen LogP contribution in [-0.2, 0) is 17.9 Å². The Hall–Kier alpha value is -2.55. The van der Waals surface area contributed by atoms with E-state index in [2.05, 4.69) is 31.4 Å². The number of carbonyl (C=O) groups is 1. The fraction of sp³-hybridized carbons (Fsp3) is 0.350. The van der Waals surface area contributed by atoms with Crippen LogP contribution >= 0.6 is 15.9 Å². The third-order valence-corrected chi connectivity index (χ3v) is 5.73. The summed E-state index contributed by atoms with van der Waals surface area (Å²) >= 11 is 3.23. The van der Waals surface area contributed by atoms with E-state index in [9.17, 15) is 13.6 Å². The molecule has 1 N–H and O–H groups in total. The lowest BCUT2D eigenvalue weighted by Gasteiger charge is -2.07. The molecule has 2 heterocycles. The second-order valence-electron chi connectivity index (χ2n) is 7.19. The zero-order chi connectivity index (χ0) is 20.5. The SMILES string of the molecule is Cc1ccccc1Cn1ccc(NC(=O)Cn2nc(C(F)F)c(Br)c2C2CC2)n1. The molecule has 9 heteroatoms. The lowest BCUT2D eigenvalue weighted by molar-refractivity contribution is -0.117. The Morgan fingerprint density at radius 1 is 1.28 bits per heavy atom. The number of rotatable bonds is 7. The van der Waals surface area contributed by atoms with Gasteiger partial charge in [0.05, 0.1) is 16.7 Å². The van der Waals surface area contributed by atoms with Crippen molar-refractivity contribution in [1.29, 1.82) is 0 Å². The summed E-state index contributed by atoms with van der Waals surface area (Å²) in [6.07, 6.45) is 0.927. The van der Waals surface area contributed by atoms with Gasteiger partial charge in [-0.25, -0.2) is 8.78 Å². The van der Waals surface area contributed by atoms with E-state index in [4.69, 9.17) is 0 Å². The van der Waals surface area contributed by atoms with Crippen molar-refractivity contribution >= 4 is 27.7 Å². The topological polar surface area (TPSA) is 64.7 Å². The predicted molar refractivity (Wildman–Crippen MR) is 108 cm³/mol. The molecule has 1 aliphatic rings. The van der Waals surface area contributed by atoms with Gasteiger partial charge in [-0.1, -0.05) is 24.3 Å². The third-order valence-electron chi connectivity index (χ3n) is 4.92. The molecule has 1 amide bonds. The number of carbonyl (C=O) groups excluding carboxylic acids is 1.